The number of aryl methyl sites for hydroxylation is 8. The minimum Gasteiger partial charge on any atom is -0.486 e. The van der Waals surface area contributed by atoms with Gasteiger partial charge in [0.25, 0.3) is 0 Å². The first-order valence-corrected chi connectivity index (χ1v) is 39.2. The third kappa shape index (κ3) is 22.8. The molecule has 0 saturated carbocycles. The molecule has 0 amide bonds. The smallest absolute Gasteiger partial charge is 0.216 e. The SMILES string of the molecule is [2H]C([2H])([2H])C([2H])(C)c1ccc(-c2[c-]ccc3c2oc2nc(C(C)(C)C)cc(C)c23)nc1.[2H]C([2H])([2H])c1cc(-c2[c-]cc(C([2H])([2H])[2H])c3c2oc2nc(C(C)(C)C)ccc23)ncc1C([2H])(C)C([2H])([2H])[2H].[2H]C([2H])([2H])c1cc(-c2[c-]ccc3c2oc2nc(C(C)(C)C)cc(C)c23)ncc1C([2H])(C)C([2H])([2H])[2H].[2H]C([2H])([2H])c1ccc(-c2[c-]cccc2)nc1.[2H]C([2H])([2H])c1ccc(-c2[c-]cccc2)nc1.[2H]C([2H])([2H])c1ccc(-c2[c-]cccc2)nc1.[Ir].[Ir].[Ir]. The summed E-state index contributed by atoms with van der Waals surface area (Å²) in [6.07, 6.45) is 7.88. The van der Waals surface area contributed by atoms with Crippen LogP contribution in [0.4, 0.5) is 0 Å². The molecule has 12 aromatic heterocycles. The van der Waals surface area contributed by atoms with Crippen molar-refractivity contribution in [1.29, 1.82) is 0 Å². The Labute approximate surface area is 821 Å². The van der Waals surface area contributed by atoms with Crippen molar-refractivity contribution in [1.82, 2.24) is 44.9 Å². The average molecular weight is 2210 g/mol. The van der Waals surface area contributed by atoms with Gasteiger partial charge >= 0.3 is 0 Å². The van der Waals surface area contributed by atoms with Gasteiger partial charge in [-0.3, -0.25) is 0 Å². The molecule has 3 atom stereocenters. The largest absolute Gasteiger partial charge is 0.486 e. The van der Waals surface area contributed by atoms with Crippen molar-refractivity contribution in [2.24, 2.45) is 0 Å². The Kier molecular flexibility index (Phi) is 20.6. The third-order valence-corrected chi connectivity index (χ3v) is 19.7. The fourth-order valence-electron chi connectivity index (χ4n) is 13.2. The number of pyridine rings is 9. The maximum atomic E-state index is 8.44. The van der Waals surface area contributed by atoms with Crippen LogP contribution in [-0.2, 0) is 76.6 Å². The van der Waals surface area contributed by atoms with Crippen molar-refractivity contribution in [3.63, 3.8) is 0 Å². The summed E-state index contributed by atoms with van der Waals surface area (Å²) in [4.78, 5) is 39.6. The summed E-state index contributed by atoms with van der Waals surface area (Å²) in [6.45, 7) is 4.08. The fourth-order valence-corrected chi connectivity index (χ4v) is 13.2. The van der Waals surface area contributed by atoms with Gasteiger partial charge in [-0.25, -0.2) is 15.0 Å². The predicted octanol–water partition coefficient (Wildman–Crippen LogP) is 28.9. The number of aromatic nitrogens is 9. The van der Waals surface area contributed by atoms with Crippen LogP contribution >= 0.6 is 0 Å². The van der Waals surface area contributed by atoms with Crippen molar-refractivity contribution in [2.45, 2.75) is 193 Å². The molecule has 0 spiro atoms. The van der Waals surface area contributed by atoms with E-state index in [1.807, 2.05) is 107 Å². The zero-order chi connectivity index (χ0) is 112. The Hall–Kier alpha value is -11.0. The molecule has 0 N–H and O–H groups in total. The molecular weight excluding hydrogens is 2070 g/mol. The molecule has 0 bridgehead atoms. The number of furan rings is 3. The van der Waals surface area contributed by atoms with Gasteiger partial charge < -0.3 is 43.2 Å². The summed E-state index contributed by atoms with van der Waals surface area (Å²) in [5.74, 6) is -6.13. The standard InChI is InChI=1S/2C25H27N2O.C24H25N2O.3C12H10N.3Ir/c1-14(2)19-13-26-20(12-16(19)4)17-9-8-15(3)22-18-10-11-21(25(5,6)7)27-24(18)28-23(17)22;1-14(2)19-13-26-20(11-15(19)3)17-9-8-10-18-22-16(4)12-21(25(5,6)7)27-24(22)28-23(17)18;1-14(2)16-10-11-19(25-13-16)17-8-7-9-18-21-15(3)12-20(24(4,5)6)26-23(21)27-22(17)18;3*1-10-7-8-12(13-9-10)11-5-3-2-4-6-11;;;/h2*8,10-14H,1-7H3;7,9-14H,1-6H3;3*2-5,7-9H,1H3;;;/q6*-1;;;/i1D3,3D3,4D3,14D;1D3,3D3,14D;1D3,14D;3*1D3;;;. The topological polar surface area (TPSA) is 155 Å². The number of hydrogen-bond acceptors (Lipinski definition) is 12. The normalized spacial score (nSPS) is 17.2. The van der Waals surface area contributed by atoms with Crippen LogP contribution in [0.5, 0.6) is 0 Å². The molecule has 645 valence electrons. The molecule has 18 aromatic rings. The Morgan fingerprint density at radius 3 is 1.10 bits per heavy atom. The summed E-state index contributed by atoms with van der Waals surface area (Å²) in [5.41, 5.74) is 13.7. The van der Waals surface area contributed by atoms with Crippen molar-refractivity contribution >= 4 is 66.2 Å². The zero-order valence-corrected chi connectivity index (χ0v) is 78.3. The van der Waals surface area contributed by atoms with Crippen LogP contribution in [-0.4, -0.2) is 44.9 Å². The zero-order valence-electron chi connectivity index (χ0n) is 101. The van der Waals surface area contributed by atoms with Crippen LogP contribution in [0.3, 0.4) is 0 Å². The monoisotopic (exact) mass is 2210 g/mol. The second kappa shape index (κ2) is 41.4. The first kappa shape index (κ1) is 62.2. The quantitative estimate of drug-likeness (QED) is 0.126. The Morgan fingerprint density at radius 1 is 0.328 bits per heavy atom. The molecule has 3 radical (unpaired) electrons. The summed E-state index contributed by atoms with van der Waals surface area (Å²) in [5, 5.41) is 4.33. The van der Waals surface area contributed by atoms with Crippen LogP contribution < -0.4 is 0 Å². The molecular formula is C110H109Ir3N9O3-6. The van der Waals surface area contributed by atoms with Crippen LogP contribution in [0.1, 0.15) is 241 Å². The van der Waals surface area contributed by atoms with Crippen LogP contribution in [0, 0.1) is 91.4 Å². The average Bonchev–Trinajstić information content (AvgIpc) is 1.68. The van der Waals surface area contributed by atoms with E-state index in [0.717, 1.165) is 96.6 Å². The number of rotatable bonds is 9. The molecule has 18 rings (SSSR count). The Bertz CT molecular complexity index is 7750. The summed E-state index contributed by atoms with van der Waals surface area (Å²) >= 11 is 0. The molecule has 0 saturated heterocycles. The summed E-state index contributed by atoms with van der Waals surface area (Å²) in [7, 11) is 0. The maximum absolute atomic E-state index is 8.44. The Balaban J connectivity index is 0.000000195. The predicted molar refractivity (Wildman–Crippen MR) is 503 cm³/mol. The molecule has 12 heterocycles. The molecule has 12 nitrogen and oxygen atoms in total. The number of fused-ring (bicyclic) bond motifs is 9. The van der Waals surface area contributed by atoms with Crippen molar-refractivity contribution < 1.29 is 115 Å². The van der Waals surface area contributed by atoms with E-state index < -0.39 is 79.3 Å². The van der Waals surface area contributed by atoms with Gasteiger partial charge in [-0.05, 0) is 169 Å². The minimum atomic E-state index is -2.81. The maximum Gasteiger partial charge on any atom is 0.216 e. The van der Waals surface area contributed by atoms with Crippen molar-refractivity contribution in [3.8, 4) is 67.5 Å². The van der Waals surface area contributed by atoms with Gasteiger partial charge in [0.15, 0.2) is 0 Å². The number of benzene rings is 6. The first-order chi connectivity index (χ1) is 70.1. The van der Waals surface area contributed by atoms with Gasteiger partial charge in [0.1, 0.15) is 0 Å². The number of nitrogens with zero attached hydrogens (tertiary/aromatic N) is 9. The summed E-state index contributed by atoms with van der Waals surface area (Å²) in [6, 6.07) is 72.8. The van der Waals surface area contributed by atoms with E-state index in [9.17, 15) is 0 Å². The van der Waals surface area contributed by atoms with Gasteiger partial charge in [-0.15, -0.1) is 162 Å². The molecule has 0 fully saturated rings. The van der Waals surface area contributed by atoms with E-state index in [2.05, 4.69) is 126 Å². The molecule has 15 heteroatoms. The molecule has 3 unspecified atom stereocenters. The van der Waals surface area contributed by atoms with Crippen LogP contribution in [0.2, 0.25) is 0 Å². The minimum absolute atomic E-state index is 0. The van der Waals surface area contributed by atoms with E-state index in [-0.39, 0.29) is 155 Å². The third-order valence-electron chi connectivity index (χ3n) is 19.7. The van der Waals surface area contributed by atoms with Gasteiger partial charge in [-0.1, -0.05) is 215 Å². The number of hydrogen-bond donors (Lipinski definition) is 0. The second-order valence-corrected chi connectivity index (χ2v) is 32.2. The van der Waals surface area contributed by atoms with Crippen molar-refractivity contribution in [2.75, 3.05) is 0 Å². The Morgan fingerprint density at radius 2 is 0.728 bits per heavy atom. The molecule has 0 aliphatic rings. The van der Waals surface area contributed by atoms with Gasteiger partial charge in [0.2, 0.25) is 17.1 Å². The van der Waals surface area contributed by atoms with E-state index in [1.165, 1.54) is 63.0 Å². The van der Waals surface area contributed by atoms with Gasteiger partial charge in [0, 0.05) is 177 Å². The first-order valence-electron chi connectivity index (χ1n) is 54.2. The molecule has 125 heavy (non-hydrogen) atoms. The molecule has 6 aromatic carbocycles. The van der Waals surface area contributed by atoms with E-state index in [4.69, 9.17) is 64.3 Å². The van der Waals surface area contributed by atoms with E-state index >= 15 is 0 Å². The second-order valence-electron chi connectivity index (χ2n) is 32.2. The van der Waals surface area contributed by atoms with Crippen LogP contribution in [0.25, 0.3) is 134 Å². The summed E-state index contributed by atoms with van der Waals surface area (Å²) < 4.78 is 250. The van der Waals surface area contributed by atoms with Crippen LogP contribution in [0.15, 0.2) is 238 Å². The van der Waals surface area contributed by atoms with E-state index in [0.29, 0.717) is 50.4 Å². The van der Waals surface area contributed by atoms with Gasteiger partial charge in [0.05, 0.1) is 28.1 Å². The molecule has 0 aliphatic carbocycles. The fraction of sp³-hybridized carbons (Fsp3) is 0.264. The van der Waals surface area contributed by atoms with Crippen molar-refractivity contribution in [3.05, 3.63) is 340 Å². The van der Waals surface area contributed by atoms with E-state index in [1.54, 1.807) is 84.9 Å². The van der Waals surface area contributed by atoms with Gasteiger partial charge in [-0.2, -0.15) is 0 Å². The molecule has 0 aliphatic heterocycles.